The van der Waals surface area contributed by atoms with E-state index >= 15 is 0 Å². The van der Waals surface area contributed by atoms with E-state index in [0.717, 1.165) is 28.2 Å². The van der Waals surface area contributed by atoms with Gasteiger partial charge >= 0.3 is 6.03 Å². The van der Waals surface area contributed by atoms with Gasteiger partial charge in [-0.15, -0.1) is 11.3 Å². The molecule has 3 aromatic rings. The van der Waals surface area contributed by atoms with Gasteiger partial charge in [-0.3, -0.25) is 9.69 Å². The summed E-state index contributed by atoms with van der Waals surface area (Å²) >= 11 is 1.60. The fraction of sp³-hybridized carbons (Fsp3) is 0.250. The Hall–Kier alpha value is -3.60. The number of fused-ring (bicyclic) bond motifs is 2. The number of hydrogen-bond acceptors (Lipinski definition) is 8. The van der Waals surface area contributed by atoms with Crippen LogP contribution in [-0.4, -0.2) is 31.8 Å². The van der Waals surface area contributed by atoms with Gasteiger partial charge in [0.15, 0.2) is 5.82 Å². The minimum absolute atomic E-state index is 0.0610. The monoisotopic (exact) mass is 439 g/mol. The van der Waals surface area contributed by atoms with Crippen LogP contribution < -0.4 is 16.4 Å². The van der Waals surface area contributed by atoms with Crippen molar-refractivity contribution in [2.24, 2.45) is 0 Å². The van der Waals surface area contributed by atoms with Crippen molar-refractivity contribution in [2.75, 3.05) is 11.1 Å². The number of thiophene rings is 1. The van der Waals surface area contributed by atoms with Crippen molar-refractivity contribution in [3.05, 3.63) is 57.8 Å². The number of amides is 3. The van der Waals surface area contributed by atoms with E-state index in [1.165, 1.54) is 24.3 Å². The number of nitrogens with zero attached hydrogens (tertiary/aromatic N) is 4. The van der Waals surface area contributed by atoms with Gasteiger partial charge in [0.05, 0.1) is 6.54 Å². The summed E-state index contributed by atoms with van der Waals surface area (Å²) in [6.07, 6.45) is 2.27. The van der Waals surface area contributed by atoms with E-state index in [-0.39, 0.29) is 36.0 Å². The third-order valence-electron chi connectivity index (χ3n) is 5.44. The predicted molar refractivity (Wildman–Crippen MR) is 112 cm³/mol. The molecule has 1 aromatic carbocycles. The number of anilines is 3. The van der Waals surface area contributed by atoms with Gasteiger partial charge in [0, 0.05) is 16.1 Å². The van der Waals surface area contributed by atoms with E-state index in [1.807, 2.05) is 11.4 Å². The SMILES string of the molecule is Nc1nc(CN2C(=O)NC3(CCCc4sccc43)C2=O)nc(Nc2ccc(F)cc2)n1. The number of nitrogen functional groups attached to an aromatic ring is 1. The van der Waals surface area contributed by atoms with Gasteiger partial charge in [-0.25, -0.2) is 9.18 Å². The van der Waals surface area contributed by atoms with Gasteiger partial charge in [-0.1, -0.05) is 0 Å². The molecule has 0 saturated carbocycles. The molecule has 3 heterocycles. The van der Waals surface area contributed by atoms with E-state index in [4.69, 9.17) is 5.73 Å². The molecule has 1 atom stereocenters. The molecule has 1 aliphatic carbocycles. The minimum Gasteiger partial charge on any atom is -0.368 e. The summed E-state index contributed by atoms with van der Waals surface area (Å²) < 4.78 is 13.1. The van der Waals surface area contributed by atoms with Gasteiger partial charge < -0.3 is 16.4 Å². The zero-order chi connectivity index (χ0) is 21.6. The molecule has 3 amide bonds. The summed E-state index contributed by atoms with van der Waals surface area (Å²) in [5.74, 6) is -0.448. The van der Waals surface area contributed by atoms with Crippen LogP contribution in [-0.2, 0) is 23.3 Å². The second kappa shape index (κ2) is 7.27. The van der Waals surface area contributed by atoms with Crippen LogP contribution in [0.4, 0.5) is 26.8 Å². The standard InChI is InChI=1S/C20H18FN7O2S/c21-11-3-5-12(6-4-11)23-18-25-15(24-17(22)26-18)10-28-16(29)20(27-19(28)30)8-1-2-14-13(20)7-9-31-14/h3-7,9H,1-2,8,10H2,(H,27,30)(H3,22,23,24,25,26). The molecule has 2 aromatic heterocycles. The lowest BCUT2D eigenvalue weighted by Gasteiger charge is -2.31. The van der Waals surface area contributed by atoms with Crippen LogP contribution in [0.1, 0.15) is 29.1 Å². The topological polar surface area (TPSA) is 126 Å². The number of aromatic nitrogens is 3. The molecule has 1 spiro atoms. The third kappa shape index (κ3) is 3.36. The van der Waals surface area contributed by atoms with Gasteiger partial charge in [-0.2, -0.15) is 15.0 Å². The summed E-state index contributed by atoms with van der Waals surface area (Å²) in [4.78, 5) is 40.7. The van der Waals surface area contributed by atoms with Crippen molar-refractivity contribution >= 4 is 40.9 Å². The second-order valence-corrected chi connectivity index (χ2v) is 8.40. The summed E-state index contributed by atoms with van der Waals surface area (Å²) in [6, 6.07) is 7.06. The predicted octanol–water partition coefficient (Wildman–Crippen LogP) is 2.68. The summed E-state index contributed by atoms with van der Waals surface area (Å²) in [5.41, 5.74) is 6.20. The number of hydrogen-bond donors (Lipinski definition) is 3. The number of urea groups is 1. The zero-order valence-electron chi connectivity index (χ0n) is 16.3. The normalized spacial score (nSPS) is 20.1. The average molecular weight is 439 g/mol. The first-order valence-electron chi connectivity index (χ1n) is 9.68. The molecule has 0 radical (unpaired) electrons. The Labute approximate surface area is 180 Å². The van der Waals surface area contributed by atoms with Crippen LogP contribution in [0.25, 0.3) is 0 Å². The molecule has 31 heavy (non-hydrogen) atoms. The third-order valence-corrected chi connectivity index (χ3v) is 6.42. The number of nitrogens with two attached hydrogens (primary N) is 1. The molecule has 1 saturated heterocycles. The number of benzene rings is 1. The Morgan fingerprint density at radius 1 is 1.19 bits per heavy atom. The first-order chi connectivity index (χ1) is 14.9. The highest BCUT2D eigenvalue weighted by atomic mass is 32.1. The lowest BCUT2D eigenvalue weighted by Crippen LogP contribution is -2.46. The first kappa shape index (κ1) is 19.4. The van der Waals surface area contributed by atoms with Crippen molar-refractivity contribution in [1.29, 1.82) is 0 Å². The maximum atomic E-state index is 13.3. The Morgan fingerprint density at radius 3 is 2.81 bits per heavy atom. The molecule has 158 valence electrons. The maximum Gasteiger partial charge on any atom is 0.325 e. The van der Waals surface area contributed by atoms with Crippen molar-refractivity contribution in [1.82, 2.24) is 25.2 Å². The Balaban J connectivity index is 1.40. The molecule has 2 aliphatic rings. The van der Waals surface area contributed by atoms with Crippen LogP contribution >= 0.6 is 11.3 Å². The molecule has 1 fully saturated rings. The van der Waals surface area contributed by atoms with Crippen LogP contribution in [0, 0.1) is 5.82 Å². The number of carbonyl (C=O) groups is 2. The van der Waals surface area contributed by atoms with Gasteiger partial charge in [-0.05, 0) is 55.0 Å². The molecular formula is C20H18FN7O2S. The maximum absolute atomic E-state index is 13.3. The highest BCUT2D eigenvalue weighted by molar-refractivity contribution is 7.10. The first-order valence-corrected chi connectivity index (χ1v) is 10.6. The number of imide groups is 1. The van der Waals surface area contributed by atoms with Crippen LogP contribution in [0.2, 0.25) is 0 Å². The van der Waals surface area contributed by atoms with E-state index in [2.05, 4.69) is 25.6 Å². The van der Waals surface area contributed by atoms with Gasteiger partial charge in [0.25, 0.3) is 5.91 Å². The smallest absolute Gasteiger partial charge is 0.325 e. The van der Waals surface area contributed by atoms with Crippen molar-refractivity contribution in [3.8, 4) is 0 Å². The lowest BCUT2D eigenvalue weighted by molar-refractivity contribution is -0.132. The number of rotatable bonds is 4. The Bertz CT molecular complexity index is 1180. The fourth-order valence-electron chi connectivity index (χ4n) is 4.05. The summed E-state index contributed by atoms with van der Waals surface area (Å²) in [5, 5.41) is 7.76. The van der Waals surface area contributed by atoms with Crippen molar-refractivity contribution < 1.29 is 14.0 Å². The largest absolute Gasteiger partial charge is 0.368 e. The molecule has 1 aliphatic heterocycles. The molecular weight excluding hydrogens is 421 g/mol. The van der Waals surface area contributed by atoms with Crippen LogP contribution in [0.5, 0.6) is 0 Å². The Morgan fingerprint density at radius 2 is 2.00 bits per heavy atom. The quantitative estimate of drug-likeness (QED) is 0.534. The van der Waals surface area contributed by atoms with E-state index in [9.17, 15) is 14.0 Å². The zero-order valence-corrected chi connectivity index (χ0v) is 17.1. The molecule has 4 N–H and O–H groups in total. The Kier molecular flexibility index (Phi) is 4.54. The number of nitrogens with one attached hydrogen (secondary N) is 2. The molecule has 1 unspecified atom stereocenters. The highest BCUT2D eigenvalue weighted by Crippen LogP contribution is 2.42. The summed E-state index contributed by atoms with van der Waals surface area (Å²) in [6.45, 7) is -0.142. The lowest BCUT2D eigenvalue weighted by atomic mass is 9.80. The fourth-order valence-corrected chi connectivity index (χ4v) is 5.05. The van der Waals surface area contributed by atoms with Crippen LogP contribution in [0.15, 0.2) is 35.7 Å². The van der Waals surface area contributed by atoms with Crippen molar-refractivity contribution in [2.45, 2.75) is 31.3 Å². The molecule has 11 heteroatoms. The molecule has 5 rings (SSSR count). The minimum atomic E-state index is -1.03. The average Bonchev–Trinajstić information content (AvgIpc) is 3.30. The van der Waals surface area contributed by atoms with Gasteiger partial charge in [0.2, 0.25) is 11.9 Å². The highest BCUT2D eigenvalue weighted by Gasteiger charge is 2.54. The number of halogens is 1. The molecule has 9 nitrogen and oxygen atoms in total. The van der Waals surface area contributed by atoms with Gasteiger partial charge in [0.1, 0.15) is 11.4 Å². The molecule has 0 bridgehead atoms. The number of aryl methyl sites for hydroxylation is 1. The van der Waals surface area contributed by atoms with Crippen LogP contribution in [0.3, 0.4) is 0 Å². The van der Waals surface area contributed by atoms with E-state index in [1.54, 1.807) is 11.3 Å². The summed E-state index contributed by atoms with van der Waals surface area (Å²) in [7, 11) is 0. The van der Waals surface area contributed by atoms with E-state index < -0.39 is 11.6 Å². The second-order valence-electron chi connectivity index (χ2n) is 7.40. The van der Waals surface area contributed by atoms with Crippen molar-refractivity contribution in [3.63, 3.8) is 0 Å². The van der Waals surface area contributed by atoms with E-state index in [0.29, 0.717) is 12.1 Å². The number of carbonyl (C=O) groups excluding carboxylic acids is 2.